The Hall–Kier alpha value is -0.180. The first-order chi connectivity index (χ1) is 3.06. The van der Waals surface area contributed by atoms with Gasteiger partial charge in [-0.2, -0.15) is 0 Å². The molecule has 0 aromatic rings. The second-order valence-corrected chi connectivity index (χ2v) is 4.98. The van der Waals surface area contributed by atoms with Crippen LogP contribution in [0.25, 0.3) is 0 Å². The van der Waals surface area contributed by atoms with Gasteiger partial charge in [-0.25, -0.2) is 0 Å². The fourth-order valence-corrected chi connectivity index (χ4v) is 0.492. The summed E-state index contributed by atoms with van der Waals surface area (Å²) >= 11 is 0. The summed E-state index contributed by atoms with van der Waals surface area (Å²) in [6.45, 7) is 0. The van der Waals surface area contributed by atoms with Gasteiger partial charge in [0.1, 0.15) is 12.5 Å². The molecule has 0 radical (unpaired) electrons. The number of hydrogen-bond acceptors (Lipinski definition) is 2. The molecule has 0 aliphatic heterocycles. The summed E-state index contributed by atoms with van der Waals surface area (Å²) in [4.78, 5) is 9.64. The molecule has 0 aliphatic carbocycles. The fourth-order valence-electron chi connectivity index (χ4n) is 0.164. The van der Waals surface area contributed by atoms with Crippen LogP contribution in [0.1, 0.15) is 0 Å². The number of rotatable bonds is 2. The van der Waals surface area contributed by atoms with Crippen LogP contribution in [0.4, 0.5) is 0 Å². The average Bonchev–Trinajstić information content (AvgIpc) is 1.30. The first-order valence-electron chi connectivity index (χ1n) is 1.92. The van der Waals surface area contributed by atoms with Crippen molar-refractivity contribution in [1.82, 2.24) is 0 Å². The maximum Gasteiger partial charge on any atom is 0.168 e. The highest BCUT2D eigenvalue weighted by atomic mass is 32.2. The van der Waals surface area contributed by atoms with Gasteiger partial charge >= 0.3 is 0 Å². The van der Waals surface area contributed by atoms with Gasteiger partial charge in [0.15, 0.2) is 12.0 Å². The quantitative estimate of drug-likeness (QED) is 0.379. The molecule has 3 heteroatoms. The SMILES string of the molecule is C[S+](C)(=O)CC=O. The van der Waals surface area contributed by atoms with Gasteiger partial charge in [-0.1, -0.05) is 0 Å². The molecular formula is C4H9O2S+. The second-order valence-electron chi connectivity index (χ2n) is 1.77. The van der Waals surface area contributed by atoms with Gasteiger partial charge in [0.2, 0.25) is 0 Å². The van der Waals surface area contributed by atoms with E-state index < -0.39 is 9.93 Å². The minimum absolute atomic E-state index is 0.188. The molecule has 0 amide bonds. The molecule has 0 N–H and O–H groups in total. The zero-order valence-corrected chi connectivity index (χ0v) is 5.33. The highest BCUT2D eigenvalue weighted by Crippen LogP contribution is 1.87. The highest BCUT2D eigenvalue weighted by Gasteiger charge is 2.08. The molecule has 0 aromatic carbocycles. The predicted octanol–water partition coefficient (Wildman–Crippen LogP) is -0.0556. The molecule has 0 atom stereocenters. The standard InChI is InChI=1S/C4H9O2S/c1-7(2,6)4-3-5/h3H,4H2,1-2H3/q+1. The summed E-state index contributed by atoms with van der Waals surface area (Å²) < 4.78 is 10.6. The molecule has 0 saturated heterocycles. The van der Waals surface area contributed by atoms with Crippen molar-refractivity contribution in [3.8, 4) is 0 Å². The van der Waals surface area contributed by atoms with E-state index in [1.807, 2.05) is 0 Å². The van der Waals surface area contributed by atoms with Gasteiger partial charge in [-0.15, -0.1) is 4.21 Å². The van der Waals surface area contributed by atoms with Crippen LogP contribution in [0.3, 0.4) is 0 Å². The second kappa shape index (κ2) is 2.21. The van der Waals surface area contributed by atoms with Crippen LogP contribution in [0, 0.1) is 0 Å². The molecule has 0 rings (SSSR count). The molecule has 0 saturated carbocycles. The van der Waals surface area contributed by atoms with E-state index in [9.17, 15) is 9.00 Å². The Bertz CT molecular complexity index is 102. The normalized spacial score (nSPS) is 11.1. The van der Waals surface area contributed by atoms with E-state index >= 15 is 0 Å². The van der Waals surface area contributed by atoms with Crippen molar-refractivity contribution in [1.29, 1.82) is 0 Å². The minimum atomic E-state index is -1.79. The average molecular weight is 121 g/mol. The third-order valence-corrected chi connectivity index (χ3v) is 1.41. The molecule has 0 unspecified atom stereocenters. The number of aldehydes is 1. The third-order valence-electron chi connectivity index (χ3n) is 0.469. The van der Waals surface area contributed by atoms with Crippen molar-refractivity contribution in [2.45, 2.75) is 0 Å². The molecule has 0 aromatic heterocycles. The van der Waals surface area contributed by atoms with E-state index in [0.29, 0.717) is 6.29 Å². The van der Waals surface area contributed by atoms with E-state index in [4.69, 9.17) is 0 Å². The molecular weight excluding hydrogens is 112 g/mol. The van der Waals surface area contributed by atoms with Crippen LogP contribution in [0.2, 0.25) is 0 Å². The highest BCUT2D eigenvalue weighted by molar-refractivity contribution is 8.02. The van der Waals surface area contributed by atoms with Gasteiger partial charge in [-0.05, 0) is 0 Å². The van der Waals surface area contributed by atoms with Crippen molar-refractivity contribution in [2.75, 3.05) is 18.3 Å². The van der Waals surface area contributed by atoms with Crippen LogP contribution in [-0.4, -0.2) is 24.6 Å². The largest absolute Gasteiger partial charge is 0.298 e. The van der Waals surface area contributed by atoms with Crippen molar-refractivity contribution >= 4 is 16.2 Å². The summed E-state index contributed by atoms with van der Waals surface area (Å²) in [5.74, 6) is 0.188. The van der Waals surface area contributed by atoms with E-state index in [1.165, 1.54) is 0 Å². The van der Waals surface area contributed by atoms with Crippen molar-refractivity contribution in [3.05, 3.63) is 0 Å². The lowest BCUT2D eigenvalue weighted by atomic mass is 10.9. The molecule has 7 heavy (non-hydrogen) atoms. The molecule has 0 fully saturated rings. The van der Waals surface area contributed by atoms with Gasteiger partial charge in [-0.3, -0.25) is 4.79 Å². The first-order valence-corrected chi connectivity index (χ1v) is 4.46. The Morgan fingerprint density at radius 2 is 2.00 bits per heavy atom. The molecule has 42 valence electrons. The third kappa shape index (κ3) is 5.82. The van der Waals surface area contributed by atoms with E-state index in [0.717, 1.165) is 0 Å². The first kappa shape index (κ1) is 6.82. The maximum atomic E-state index is 10.6. The summed E-state index contributed by atoms with van der Waals surface area (Å²) in [7, 11) is -1.79. The van der Waals surface area contributed by atoms with Crippen LogP contribution in [-0.2, 0) is 18.9 Å². The molecule has 0 bridgehead atoms. The van der Waals surface area contributed by atoms with Crippen molar-refractivity contribution in [2.24, 2.45) is 0 Å². The lowest BCUT2D eigenvalue weighted by molar-refractivity contribution is -0.105. The Morgan fingerprint density at radius 1 is 1.57 bits per heavy atom. The summed E-state index contributed by atoms with van der Waals surface area (Å²) in [5.41, 5.74) is 0. The molecule has 2 nitrogen and oxygen atoms in total. The zero-order valence-electron chi connectivity index (χ0n) is 4.51. The van der Waals surface area contributed by atoms with Gasteiger partial charge in [0.25, 0.3) is 0 Å². The zero-order chi connectivity index (χ0) is 5.91. The summed E-state index contributed by atoms with van der Waals surface area (Å²) in [5, 5.41) is 0. The van der Waals surface area contributed by atoms with Crippen LogP contribution < -0.4 is 0 Å². The van der Waals surface area contributed by atoms with Crippen LogP contribution in [0.15, 0.2) is 0 Å². The van der Waals surface area contributed by atoms with Crippen LogP contribution in [0.5, 0.6) is 0 Å². The predicted molar refractivity (Wildman–Crippen MR) is 30.8 cm³/mol. The lowest BCUT2D eigenvalue weighted by Crippen LogP contribution is -2.10. The molecule has 0 spiro atoms. The molecule has 0 aliphatic rings. The lowest BCUT2D eigenvalue weighted by Gasteiger charge is -1.88. The van der Waals surface area contributed by atoms with E-state index in [1.54, 1.807) is 12.5 Å². The summed E-state index contributed by atoms with van der Waals surface area (Å²) in [6.07, 6.45) is 3.82. The van der Waals surface area contributed by atoms with Gasteiger partial charge in [0.05, 0.1) is 9.93 Å². The number of carbonyl (C=O) groups is 1. The van der Waals surface area contributed by atoms with Gasteiger partial charge < -0.3 is 0 Å². The van der Waals surface area contributed by atoms with Crippen LogP contribution >= 0.6 is 0 Å². The Morgan fingerprint density at radius 3 is 2.00 bits per heavy atom. The fraction of sp³-hybridized carbons (Fsp3) is 0.750. The number of carbonyl (C=O) groups excluding carboxylic acids is 1. The smallest absolute Gasteiger partial charge is 0.168 e. The molecule has 0 heterocycles. The topological polar surface area (TPSA) is 34.1 Å². The van der Waals surface area contributed by atoms with E-state index in [-0.39, 0.29) is 5.75 Å². The van der Waals surface area contributed by atoms with Crippen molar-refractivity contribution in [3.63, 3.8) is 0 Å². The number of hydrogen-bond donors (Lipinski definition) is 0. The van der Waals surface area contributed by atoms with E-state index in [2.05, 4.69) is 0 Å². The maximum absolute atomic E-state index is 10.6. The monoisotopic (exact) mass is 121 g/mol. The Kier molecular flexibility index (Phi) is 2.15. The Balaban J connectivity index is 3.57. The summed E-state index contributed by atoms with van der Waals surface area (Å²) in [6, 6.07) is 0. The Labute approximate surface area is 44.3 Å². The van der Waals surface area contributed by atoms with Gasteiger partial charge in [0, 0.05) is 0 Å². The van der Waals surface area contributed by atoms with Crippen molar-refractivity contribution < 1.29 is 9.00 Å². The minimum Gasteiger partial charge on any atom is -0.298 e.